The van der Waals surface area contributed by atoms with Crippen LogP contribution >= 0.6 is 11.6 Å². The maximum absolute atomic E-state index is 11.7. The molecule has 0 amide bonds. The highest BCUT2D eigenvalue weighted by molar-refractivity contribution is 6.32. The van der Waals surface area contributed by atoms with Gasteiger partial charge in [0, 0.05) is 12.3 Å². The average molecular weight is 364 g/mol. The van der Waals surface area contributed by atoms with E-state index in [9.17, 15) is 9.59 Å². The van der Waals surface area contributed by atoms with Crippen LogP contribution in [0.5, 0.6) is 11.5 Å². The summed E-state index contributed by atoms with van der Waals surface area (Å²) in [5, 5.41) is 0.364. The average Bonchev–Trinajstić information content (AvgIpc) is 3.12. The molecule has 0 saturated carbocycles. The SMILES string of the molecule is CCOc1cc(/C=C/C(=O)OCC(=O)c2ccc[nH]2)cc(Cl)c1OC. The number of aromatic amines is 1. The van der Waals surface area contributed by atoms with E-state index in [-0.39, 0.29) is 12.4 Å². The number of carbonyl (C=O) groups excluding carboxylic acids is 2. The van der Waals surface area contributed by atoms with Gasteiger partial charge in [-0.2, -0.15) is 0 Å². The minimum Gasteiger partial charge on any atom is -0.491 e. The van der Waals surface area contributed by atoms with Crippen LogP contribution in [0, 0.1) is 0 Å². The van der Waals surface area contributed by atoms with Gasteiger partial charge in [-0.25, -0.2) is 4.79 Å². The van der Waals surface area contributed by atoms with Gasteiger partial charge in [-0.1, -0.05) is 11.6 Å². The second-order valence-corrected chi connectivity index (χ2v) is 5.32. The summed E-state index contributed by atoms with van der Waals surface area (Å²) >= 11 is 6.14. The number of aromatic nitrogens is 1. The Kier molecular flexibility index (Phi) is 6.65. The summed E-state index contributed by atoms with van der Waals surface area (Å²) in [6.07, 6.45) is 4.36. The van der Waals surface area contributed by atoms with Crippen molar-refractivity contribution in [2.75, 3.05) is 20.3 Å². The fraction of sp³-hybridized carbons (Fsp3) is 0.222. The molecule has 25 heavy (non-hydrogen) atoms. The second-order valence-electron chi connectivity index (χ2n) is 4.92. The van der Waals surface area contributed by atoms with Gasteiger partial charge in [-0.3, -0.25) is 4.79 Å². The highest BCUT2D eigenvalue weighted by atomic mass is 35.5. The molecule has 1 heterocycles. The minimum absolute atomic E-state index is 0.308. The zero-order valence-electron chi connectivity index (χ0n) is 13.9. The molecule has 0 atom stereocenters. The van der Waals surface area contributed by atoms with E-state index in [4.69, 9.17) is 25.8 Å². The molecule has 132 valence electrons. The Balaban J connectivity index is 2.00. The normalized spacial score (nSPS) is 10.7. The van der Waals surface area contributed by atoms with E-state index in [1.54, 1.807) is 30.5 Å². The lowest BCUT2D eigenvalue weighted by atomic mass is 10.2. The highest BCUT2D eigenvalue weighted by Gasteiger charge is 2.11. The summed E-state index contributed by atoms with van der Waals surface area (Å²) in [6.45, 7) is 1.95. The van der Waals surface area contributed by atoms with Crippen molar-refractivity contribution in [3.05, 3.63) is 52.8 Å². The first-order valence-electron chi connectivity index (χ1n) is 7.57. The van der Waals surface area contributed by atoms with Crippen LogP contribution in [0.2, 0.25) is 5.02 Å². The molecule has 0 aliphatic heterocycles. The number of nitrogens with one attached hydrogen (secondary N) is 1. The maximum Gasteiger partial charge on any atom is 0.331 e. The number of methoxy groups -OCH3 is 1. The fourth-order valence-electron chi connectivity index (χ4n) is 2.08. The van der Waals surface area contributed by atoms with E-state index in [0.29, 0.717) is 34.4 Å². The maximum atomic E-state index is 11.7. The molecule has 1 N–H and O–H groups in total. The highest BCUT2D eigenvalue weighted by Crippen LogP contribution is 2.36. The quantitative estimate of drug-likeness (QED) is 0.441. The van der Waals surface area contributed by atoms with E-state index in [1.165, 1.54) is 19.3 Å². The monoisotopic (exact) mass is 363 g/mol. The topological polar surface area (TPSA) is 77.6 Å². The zero-order valence-corrected chi connectivity index (χ0v) is 14.6. The van der Waals surface area contributed by atoms with Crippen LogP contribution in [0.15, 0.2) is 36.5 Å². The van der Waals surface area contributed by atoms with Crippen molar-refractivity contribution in [2.24, 2.45) is 0 Å². The summed E-state index contributed by atoms with van der Waals surface area (Å²) in [5.41, 5.74) is 1.03. The molecule has 1 aromatic carbocycles. The number of ether oxygens (including phenoxy) is 3. The molecule has 0 fully saturated rings. The van der Waals surface area contributed by atoms with Gasteiger partial charge in [0.1, 0.15) is 0 Å². The van der Waals surface area contributed by atoms with Crippen molar-refractivity contribution in [3.8, 4) is 11.5 Å². The molecule has 1 aromatic heterocycles. The van der Waals surface area contributed by atoms with Crippen molar-refractivity contribution < 1.29 is 23.8 Å². The molecule has 2 rings (SSSR count). The van der Waals surface area contributed by atoms with Crippen LogP contribution in [0.3, 0.4) is 0 Å². The van der Waals surface area contributed by atoms with Crippen molar-refractivity contribution in [1.82, 2.24) is 4.98 Å². The van der Waals surface area contributed by atoms with E-state index >= 15 is 0 Å². The molecule has 0 saturated heterocycles. The summed E-state index contributed by atoms with van der Waals surface area (Å²) in [7, 11) is 1.50. The molecule has 2 aromatic rings. The first kappa shape index (κ1) is 18.6. The number of carbonyl (C=O) groups is 2. The molecular formula is C18H18ClNO5. The molecule has 0 spiro atoms. The van der Waals surface area contributed by atoms with E-state index < -0.39 is 5.97 Å². The molecular weight excluding hydrogens is 346 g/mol. The second kappa shape index (κ2) is 8.94. The largest absolute Gasteiger partial charge is 0.491 e. The van der Waals surface area contributed by atoms with Gasteiger partial charge in [-0.15, -0.1) is 0 Å². The van der Waals surface area contributed by atoms with Gasteiger partial charge in [0.2, 0.25) is 5.78 Å². The summed E-state index contributed by atoms with van der Waals surface area (Å²) in [6, 6.07) is 6.64. The lowest BCUT2D eigenvalue weighted by molar-refractivity contribution is -0.136. The van der Waals surface area contributed by atoms with Crippen molar-refractivity contribution >= 4 is 29.4 Å². The summed E-state index contributed by atoms with van der Waals surface area (Å²) in [4.78, 5) is 26.2. The van der Waals surface area contributed by atoms with E-state index in [2.05, 4.69) is 4.98 Å². The van der Waals surface area contributed by atoms with Crippen molar-refractivity contribution in [2.45, 2.75) is 6.92 Å². The Morgan fingerprint density at radius 3 is 2.76 bits per heavy atom. The van der Waals surface area contributed by atoms with Gasteiger partial charge in [0.05, 0.1) is 24.4 Å². The number of Topliss-reactive ketones (excluding diaryl/α,β-unsaturated/α-hetero) is 1. The number of benzene rings is 1. The Hall–Kier alpha value is -2.73. The number of esters is 1. The molecule has 0 radical (unpaired) electrons. The van der Waals surface area contributed by atoms with Crippen molar-refractivity contribution in [1.29, 1.82) is 0 Å². The van der Waals surface area contributed by atoms with Gasteiger partial charge in [0.25, 0.3) is 0 Å². The fourth-order valence-corrected chi connectivity index (χ4v) is 2.37. The minimum atomic E-state index is -0.634. The van der Waals surface area contributed by atoms with E-state index in [0.717, 1.165) is 0 Å². The van der Waals surface area contributed by atoms with E-state index in [1.807, 2.05) is 6.92 Å². The standard InChI is InChI=1S/C18H18ClNO5/c1-3-24-16-10-12(9-13(19)18(16)23-2)6-7-17(22)25-11-15(21)14-5-4-8-20-14/h4-10,20H,3,11H2,1-2H3/b7-6+. The van der Waals surface area contributed by atoms with Crippen LogP contribution in [-0.2, 0) is 9.53 Å². The van der Waals surface area contributed by atoms with Gasteiger partial charge in [0.15, 0.2) is 18.1 Å². The molecule has 7 heteroatoms. The van der Waals surface area contributed by atoms with Crippen molar-refractivity contribution in [3.63, 3.8) is 0 Å². The van der Waals surface area contributed by atoms with Crippen LogP contribution in [0.1, 0.15) is 23.0 Å². The number of rotatable bonds is 8. The smallest absolute Gasteiger partial charge is 0.331 e. The Bertz CT molecular complexity index is 768. The first-order chi connectivity index (χ1) is 12.0. The summed E-state index contributed by atoms with van der Waals surface area (Å²) in [5.74, 6) is -0.0325. The molecule has 0 aliphatic carbocycles. The number of hydrogen-bond acceptors (Lipinski definition) is 5. The summed E-state index contributed by atoms with van der Waals surface area (Å²) < 4.78 is 15.6. The Labute approximate surface area is 150 Å². The first-order valence-corrected chi connectivity index (χ1v) is 7.94. The van der Waals surface area contributed by atoms with Crippen LogP contribution in [-0.4, -0.2) is 37.1 Å². The Morgan fingerprint density at radius 1 is 1.32 bits per heavy atom. The molecule has 0 aliphatic rings. The Morgan fingerprint density at radius 2 is 2.12 bits per heavy atom. The third-order valence-electron chi connectivity index (χ3n) is 3.19. The predicted molar refractivity (Wildman–Crippen MR) is 94.3 cm³/mol. The van der Waals surface area contributed by atoms with Gasteiger partial charge in [-0.05, 0) is 42.8 Å². The number of H-pyrrole nitrogens is 1. The van der Waals surface area contributed by atoms with Crippen LogP contribution in [0.25, 0.3) is 6.08 Å². The molecule has 6 nitrogen and oxygen atoms in total. The number of ketones is 1. The number of halogens is 1. The predicted octanol–water partition coefficient (Wildman–Crippen LogP) is 3.51. The lowest BCUT2D eigenvalue weighted by Gasteiger charge is -2.11. The third kappa shape index (κ3) is 5.12. The molecule has 0 unspecified atom stereocenters. The zero-order chi connectivity index (χ0) is 18.2. The van der Waals surface area contributed by atoms with Crippen LogP contribution in [0.4, 0.5) is 0 Å². The lowest BCUT2D eigenvalue weighted by Crippen LogP contribution is -2.12. The third-order valence-corrected chi connectivity index (χ3v) is 3.47. The molecule has 0 bridgehead atoms. The van der Waals surface area contributed by atoms with Gasteiger partial charge >= 0.3 is 5.97 Å². The van der Waals surface area contributed by atoms with Gasteiger partial charge < -0.3 is 19.2 Å². The number of hydrogen-bond donors (Lipinski definition) is 1. The van der Waals surface area contributed by atoms with Crippen LogP contribution < -0.4 is 9.47 Å².